The zero-order chi connectivity index (χ0) is 15.4. The van der Waals surface area contributed by atoms with Crippen LogP contribution in [0, 0.1) is 5.92 Å². The Labute approximate surface area is 128 Å². The van der Waals surface area contributed by atoms with E-state index in [1.54, 1.807) is 35.2 Å². The van der Waals surface area contributed by atoms with Crippen molar-refractivity contribution < 1.29 is 14.3 Å². The molecule has 1 aliphatic heterocycles. The molecule has 6 nitrogen and oxygen atoms in total. The molecule has 1 fully saturated rings. The Morgan fingerprint density at radius 2 is 2.29 bits per heavy atom. The summed E-state index contributed by atoms with van der Waals surface area (Å²) in [6.45, 7) is 1.22. The summed E-state index contributed by atoms with van der Waals surface area (Å²) in [5, 5.41) is 0.555. The number of carbonyl (C=O) groups is 2. The van der Waals surface area contributed by atoms with Gasteiger partial charge < -0.3 is 14.5 Å². The molecule has 0 aliphatic carbocycles. The summed E-state index contributed by atoms with van der Waals surface area (Å²) < 4.78 is 4.71. The molecule has 0 radical (unpaired) electrons. The van der Waals surface area contributed by atoms with Gasteiger partial charge in [-0.05, 0) is 18.6 Å². The number of hydrogen-bond donors (Lipinski definition) is 0. The van der Waals surface area contributed by atoms with Crippen molar-refractivity contribution in [1.82, 2.24) is 9.88 Å². The highest BCUT2D eigenvalue weighted by molar-refractivity contribution is 6.30. The van der Waals surface area contributed by atoms with Gasteiger partial charge in [-0.1, -0.05) is 11.6 Å². The van der Waals surface area contributed by atoms with Crippen LogP contribution in [0.3, 0.4) is 0 Å². The second kappa shape index (κ2) is 6.76. The van der Waals surface area contributed by atoms with Crippen molar-refractivity contribution in [2.24, 2.45) is 5.92 Å². The molecule has 21 heavy (non-hydrogen) atoms. The van der Waals surface area contributed by atoms with E-state index in [1.165, 1.54) is 7.11 Å². The highest BCUT2D eigenvalue weighted by Gasteiger charge is 2.31. The largest absolute Gasteiger partial charge is 0.469 e. The number of hydrogen-bond acceptors (Lipinski definition) is 5. The number of halogens is 1. The van der Waals surface area contributed by atoms with Crippen molar-refractivity contribution in [3.63, 3.8) is 0 Å². The maximum Gasteiger partial charge on any atom is 0.310 e. The lowest BCUT2D eigenvalue weighted by molar-refractivity contribution is -0.145. The summed E-state index contributed by atoms with van der Waals surface area (Å²) >= 11 is 5.79. The Kier molecular flexibility index (Phi) is 5.01. The molecule has 1 amide bonds. The smallest absolute Gasteiger partial charge is 0.310 e. The number of nitrogens with zero attached hydrogens (tertiary/aromatic N) is 3. The van der Waals surface area contributed by atoms with Gasteiger partial charge in [-0.3, -0.25) is 9.59 Å². The predicted octanol–water partition coefficient (Wildman–Crippen LogP) is 1.19. The Hall–Kier alpha value is -1.82. The minimum Gasteiger partial charge on any atom is -0.469 e. The van der Waals surface area contributed by atoms with E-state index in [4.69, 9.17) is 16.3 Å². The summed E-state index contributed by atoms with van der Waals surface area (Å²) in [6, 6.07) is 3.49. The van der Waals surface area contributed by atoms with Gasteiger partial charge >= 0.3 is 5.97 Å². The maximum atomic E-state index is 12.2. The Balaban J connectivity index is 1.90. The lowest BCUT2D eigenvalue weighted by Gasteiger charge is -2.22. The van der Waals surface area contributed by atoms with E-state index in [0.717, 1.165) is 0 Å². The molecule has 1 saturated heterocycles. The molecular formula is C14H18ClN3O3. The van der Waals surface area contributed by atoms with E-state index >= 15 is 0 Å². The molecule has 114 valence electrons. The van der Waals surface area contributed by atoms with Crippen molar-refractivity contribution in [3.8, 4) is 0 Å². The van der Waals surface area contributed by atoms with E-state index in [0.29, 0.717) is 30.4 Å². The molecule has 1 atom stereocenters. The molecule has 0 bridgehead atoms. The fourth-order valence-electron chi connectivity index (χ4n) is 2.32. The summed E-state index contributed by atoms with van der Waals surface area (Å²) in [7, 11) is 3.16. The summed E-state index contributed by atoms with van der Waals surface area (Å²) in [6.07, 6.45) is 2.20. The number of rotatable bonds is 4. The standard InChI is InChI=1S/C14H18ClN3O3/c1-17(12-4-3-11(15)7-16-12)9-13(19)18-6-5-10(8-18)14(20)21-2/h3-4,7,10H,5-6,8-9H2,1-2H3. The van der Waals surface area contributed by atoms with Crippen molar-refractivity contribution in [2.75, 3.05) is 38.7 Å². The Morgan fingerprint density at radius 3 is 2.90 bits per heavy atom. The summed E-state index contributed by atoms with van der Waals surface area (Å²) in [4.78, 5) is 31.3. The molecule has 1 aromatic rings. The lowest BCUT2D eigenvalue weighted by atomic mass is 10.1. The van der Waals surface area contributed by atoms with Crippen LogP contribution in [0.2, 0.25) is 5.02 Å². The molecule has 0 aromatic carbocycles. The number of aromatic nitrogens is 1. The molecule has 0 spiro atoms. The average molecular weight is 312 g/mol. The van der Waals surface area contributed by atoms with Crippen LogP contribution in [0.1, 0.15) is 6.42 Å². The van der Waals surface area contributed by atoms with Crippen LogP contribution in [-0.4, -0.2) is 55.6 Å². The number of methoxy groups -OCH3 is 1. The number of ether oxygens (including phenoxy) is 1. The van der Waals surface area contributed by atoms with Gasteiger partial charge in [-0.25, -0.2) is 4.98 Å². The van der Waals surface area contributed by atoms with Crippen molar-refractivity contribution in [1.29, 1.82) is 0 Å². The molecule has 7 heteroatoms. The number of carbonyl (C=O) groups excluding carboxylic acids is 2. The zero-order valence-electron chi connectivity index (χ0n) is 12.1. The Bertz CT molecular complexity index is 521. The van der Waals surface area contributed by atoms with Gasteiger partial charge in [0.15, 0.2) is 0 Å². The second-order valence-corrected chi connectivity index (χ2v) is 5.48. The number of likely N-dealkylation sites (N-methyl/N-ethyl adjacent to an activating group) is 1. The van der Waals surface area contributed by atoms with E-state index in [1.807, 2.05) is 0 Å². The highest BCUT2D eigenvalue weighted by Crippen LogP contribution is 2.18. The van der Waals surface area contributed by atoms with Crippen LogP contribution in [-0.2, 0) is 14.3 Å². The van der Waals surface area contributed by atoms with E-state index in [2.05, 4.69) is 4.98 Å². The minimum absolute atomic E-state index is 0.0272. The lowest BCUT2D eigenvalue weighted by Crippen LogP contribution is -2.38. The number of pyridine rings is 1. The highest BCUT2D eigenvalue weighted by atomic mass is 35.5. The van der Waals surface area contributed by atoms with Gasteiger partial charge in [-0.2, -0.15) is 0 Å². The van der Waals surface area contributed by atoms with Crippen LogP contribution in [0.25, 0.3) is 0 Å². The van der Waals surface area contributed by atoms with Crippen molar-refractivity contribution in [3.05, 3.63) is 23.4 Å². The number of esters is 1. The van der Waals surface area contributed by atoms with Gasteiger partial charge in [0.2, 0.25) is 5.91 Å². The third kappa shape index (κ3) is 3.85. The normalized spacial score (nSPS) is 17.7. The van der Waals surface area contributed by atoms with Crippen LogP contribution in [0.5, 0.6) is 0 Å². The third-order valence-electron chi connectivity index (χ3n) is 3.55. The fraction of sp³-hybridized carbons (Fsp3) is 0.500. The number of likely N-dealkylation sites (tertiary alicyclic amines) is 1. The van der Waals surface area contributed by atoms with Crippen LogP contribution in [0.4, 0.5) is 5.82 Å². The SMILES string of the molecule is COC(=O)C1CCN(C(=O)CN(C)c2ccc(Cl)cn2)C1. The summed E-state index contributed by atoms with van der Waals surface area (Å²) in [5.74, 6) is 0.188. The number of amides is 1. The van der Waals surface area contributed by atoms with Gasteiger partial charge in [0, 0.05) is 26.3 Å². The van der Waals surface area contributed by atoms with Gasteiger partial charge in [0.1, 0.15) is 5.82 Å². The van der Waals surface area contributed by atoms with E-state index in [9.17, 15) is 9.59 Å². The van der Waals surface area contributed by atoms with Crippen molar-refractivity contribution >= 4 is 29.3 Å². The van der Waals surface area contributed by atoms with Crippen LogP contribution in [0.15, 0.2) is 18.3 Å². The molecule has 2 rings (SSSR count). The van der Waals surface area contributed by atoms with Crippen LogP contribution >= 0.6 is 11.6 Å². The van der Waals surface area contributed by atoms with E-state index < -0.39 is 0 Å². The molecule has 1 aliphatic rings. The minimum atomic E-state index is -0.252. The van der Waals surface area contributed by atoms with Crippen LogP contribution < -0.4 is 4.90 Å². The van der Waals surface area contributed by atoms with E-state index in [-0.39, 0.29) is 24.3 Å². The molecule has 0 saturated carbocycles. The topological polar surface area (TPSA) is 62.7 Å². The van der Waals surface area contributed by atoms with Gasteiger partial charge in [0.25, 0.3) is 0 Å². The first-order chi connectivity index (χ1) is 10.0. The first kappa shape index (κ1) is 15.6. The molecule has 0 N–H and O–H groups in total. The third-order valence-corrected chi connectivity index (χ3v) is 3.77. The fourth-order valence-corrected chi connectivity index (χ4v) is 2.44. The zero-order valence-corrected chi connectivity index (χ0v) is 12.8. The molecular weight excluding hydrogens is 294 g/mol. The van der Waals surface area contributed by atoms with Crippen molar-refractivity contribution in [2.45, 2.75) is 6.42 Å². The predicted molar refractivity (Wildman–Crippen MR) is 79.2 cm³/mol. The first-order valence-electron chi connectivity index (χ1n) is 6.69. The first-order valence-corrected chi connectivity index (χ1v) is 7.07. The molecule has 2 heterocycles. The molecule has 1 aromatic heterocycles. The quantitative estimate of drug-likeness (QED) is 0.782. The maximum absolute atomic E-state index is 12.2. The average Bonchev–Trinajstić information content (AvgIpc) is 2.97. The van der Waals surface area contributed by atoms with Gasteiger partial charge in [0.05, 0.1) is 24.6 Å². The monoisotopic (exact) mass is 311 g/mol. The van der Waals surface area contributed by atoms with Gasteiger partial charge in [-0.15, -0.1) is 0 Å². The second-order valence-electron chi connectivity index (χ2n) is 5.04. The Morgan fingerprint density at radius 1 is 1.52 bits per heavy atom. The summed E-state index contributed by atoms with van der Waals surface area (Å²) in [5.41, 5.74) is 0. The molecule has 1 unspecified atom stereocenters. The number of anilines is 1.